The zero-order chi connectivity index (χ0) is 7.56. The molecule has 10 heavy (non-hydrogen) atoms. The molecule has 0 saturated carbocycles. The van der Waals surface area contributed by atoms with Gasteiger partial charge in [-0.25, -0.2) is 4.31 Å². The monoisotopic (exact) mass is 196 g/mol. The minimum Gasteiger partial charge on any atom is -0.304 e. The van der Waals surface area contributed by atoms with E-state index in [2.05, 4.69) is 16.3 Å². The molecule has 1 heterocycles. The standard InChI is InChI=1S/C5H12N2S3/c1-6-2-4-7(5-3-6)10(8)9/h10H,2-5H2,1H3. The molecular weight excluding hydrogens is 184 g/mol. The third-order valence-corrected chi connectivity index (χ3v) is 3.96. The summed E-state index contributed by atoms with van der Waals surface area (Å²) in [5.41, 5.74) is 0. The molecule has 1 saturated heterocycles. The highest BCUT2D eigenvalue weighted by Crippen LogP contribution is 1.97. The molecule has 5 heteroatoms. The molecule has 60 valence electrons. The lowest BCUT2D eigenvalue weighted by atomic mass is 10.4. The van der Waals surface area contributed by atoms with E-state index in [0.29, 0.717) is 0 Å². The van der Waals surface area contributed by atoms with Crippen molar-refractivity contribution in [2.24, 2.45) is 0 Å². The highest BCUT2D eigenvalue weighted by Gasteiger charge is 2.11. The van der Waals surface area contributed by atoms with Gasteiger partial charge in [0.1, 0.15) is 0 Å². The lowest BCUT2D eigenvalue weighted by Gasteiger charge is -2.29. The summed E-state index contributed by atoms with van der Waals surface area (Å²) in [6.45, 7) is 4.36. The van der Waals surface area contributed by atoms with Crippen LogP contribution in [0.3, 0.4) is 0 Å². The van der Waals surface area contributed by atoms with Gasteiger partial charge in [-0.15, -0.1) is 0 Å². The molecule has 0 aromatic carbocycles. The number of thiol groups is 1. The first kappa shape index (κ1) is 8.80. The lowest BCUT2D eigenvalue weighted by molar-refractivity contribution is 0.234. The summed E-state index contributed by atoms with van der Waals surface area (Å²) >= 11 is 10.0. The number of hydrogen-bond donors (Lipinski definition) is 1. The van der Waals surface area contributed by atoms with Crippen LogP contribution in [-0.4, -0.2) is 42.4 Å². The highest BCUT2D eigenvalue weighted by molar-refractivity contribution is 8.45. The van der Waals surface area contributed by atoms with Gasteiger partial charge in [0.15, 0.2) is 0 Å². The van der Waals surface area contributed by atoms with Crippen molar-refractivity contribution in [3.63, 3.8) is 0 Å². The highest BCUT2D eigenvalue weighted by atomic mass is 33.1. The fourth-order valence-electron chi connectivity index (χ4n) is 0.959. The molecule has 0 unspecified atom stereocenters. The molecular formula is C5H12N2S3. The molecule has 2 nitrogen and oxygen atoms in total. The topological polar surface area (TPSA) is 6.48 Å². The van der Waals surface area contributed by atoms with Crippen LogP contribution in [0.5, 0.6) is 0 Å². The van der Waals surface area contributed by atoms with Crippen molar-refractivity contribution in [3.8, 4) is 0 Å². The van der Waals surface area contributed by atoms with E-state index in [1.54, 1.807) is 0 Å². The second kappa shape index (κ2) is 3.92. The van der Waals surface area contributed by atoms with Gasteiger partial charge in [0, 0.05) is 26.2 Å². The van der Waals surface area contributed by atoms with Gasteiger partial charge >= 0.3 is 0 Å². The van der Waals surface area contributed by atoms with Crippen LogP contribution in [0.2, 0.25) is 0 Å². The zero-order valence-corrected chi connectivity index (χ0v) is 8.51. The van der Waals surface area contributed by atoms with E-state index in [4.69, 9.17) is 22.4 Å². The van der Waals surface area contributed by atoms with Crippen molar-refractivity contribution in [1.82, 2.24) is 9.21 Å². The Balaban J connectivity index is 2.40. The van der Waals surface area contributed by atoms with Gasteiger partial charge in [0.25, 0.3) is 0 Å². The van der Waals surface area contributed by atoms with Crippen LogP contribution in [0.25, 0.3) is 0 Å². The van der Waals surface area contributed by atoms with Crippen LogP contribution >= 0.6 is 0 Å². The third-order valence-electron chi connectivity index (χ3n) is 1.71. The third kappa shape index (κ3) is 2.39. The van der Waals surface area contributed by atoms with Crippen molar-refractivity contribution >= 4 is 30.6 Å². The number of hydrogen-bond acceptors (Lipinski definition) is 3. The maximum atomic E-state index is 5.02. The van der Waals surface area contributed by atoms with E-state index >= 15 is 0 Å². The summed E-state index contributed by atoms with van der Waals surface area (Å²) in [7, 11) is 1.47. The minimum absolute atomic E-state index is 0.664. The number of piperazine rings is 1. The van der Waals surface area contributed by atoms with Crippen molar-refractivity contribution < 1.29 is 0 Å². The van der Waals surface area contributed by atoms with E-state index < -0.39 is 8.20 Å². The Bertz CT molecular complexity index is 162. The van der Waals surface area contributed by atoms with Gasteiger partial charge < -0.3 is 4.90 Å². The van der Waals surface area contributed by atoms with Crippen molar-refractivity contribution in [2.45, 2.75) is 0 Å². The van der Waals surface area contributed by atoms with Crippen molar-refractivity contribution in [3.05, 3.63) is 0 Å². The second-order valence-corrected chi connectivity index (χ2v) is 6.30. The first-order valence-corrected chi connectivity index (χ1v) is 6.60. The van der Waals surface area contributed by atoms with Gasteiger partial charge in [-0.1, -0.05) is 0 Å². The Hall–Kier alpha value is 0.710. The summed E-state index contributed by atoms with van der Waals surface area (Å²) in [5, 5.41) is 0. The Labute approximate surface area is 73.2 Å². The van der Waals surface area contributed by atoms with Crippen LogP contribution in [-0.2, 0) is 30.6 Å². The first-order chi connectivity index (χ1) is 4.70. The van der Waals surface area contributed by atoms with Gasteiger partial charge in [0.2, 0.25) is 0 Å². The number of rotatable bonds is 1. The molecule has 1 aliphatic rings. The van der Waals surface area contributed by atoms with E-state index in [-0.39, 0.29) is 0 Å². The van der Waals surface area contributed by atoms with Gasteiger partial charge in [-0.05, 0) is 37.6 Å². The molecule has 1 fully saturated rings. The van der Waals surface area contributed by atoms with E-state index in [9.17, 15) is 0 Å². The SMILES string of the molecule is CN1CCN([SH](=S)=S)CC1. The molecule has 0 bridgehead atoms. The Morgan fingerprint density at radius 2 is 1.60 bits per heavy atom. The molecule has 0 spiro atoms. The molecule has 0 radical (unpaired) electrons. The average Bonchev–Trinajstić information content (AvgIpc) is 1.88. The van der Waals surface area contributed by atoms with Gasteiger partial charge in [-0.2, -0.15) is 0 Å². The predicted octanol–water partition coefficient (Wildman–Crippen LogP) is -0.577. The molecule has 0 aromatic rings. The Morgan fingerprint density at radius 3 is 2.00 bits per heavy atom. The Kier molecular flexibility index (Phi) is 3.45. The lowest BCUT2D eigenvalue weighted by Crippen LogP contribution is -2.43. The molecule has 0 amide bonds. The quantitative estimate of drug-likeness (QED) is 0.561. The average molecular weight is 196 g/mol. The van der Waals surface area contributed by atoms with Crippen LogP contribution in [0.1, 0.15) is 0 Å². The molecule has 0 aromatic heterocycles. The number of likely N-dealkylation sites (N-methyl/N-ethyl adjacent to an activating group) is 1. The summed E-state index contributed by atoms with van der Waals surface area (Å²) in [6, 6.07) is 0. The van der Waals surface area contributed by atoms with Gasteiger partial charge in [0.05, 0.1) is 0 Å². The van der Waals surface area contributed by atoms with Crippen LogP contribution < -0.4 is 0 Å². The van der Waals surface area contributed by atoms with E-state index in [1.165, 1.54) is 0 Å². The molecule has 1 rings (SSSR count). The summed E-state index contributed by atoms with van der Waals surface area (Å²) in [5.74, 6) is 0. The van der Waals surface area contributed by atoms with Gasteiger partial charge in [-0.3, -0.25) is 0 Å². The second-order valence-electron chi connectivity index (χ2n) is 2.49. The normalized spacial score (nSPS) is 23.8. The van der Waals surface area contributed by atoms with E-state index in [0.717, 1.165) is 26.2 Å². The summed E-state index contributed by atoms with van der Waals surface area (Å²) in [4.78, 5) is 2.31. The fourth-order valence-corrected chi connectivity index (χ4v) is 2.44. The molecule has 0 aliphatic carbocycles. The summed E-state index contributed by atoms with van der Waals surface area (Å²) < 4.78 is 2.22. The summed E-state index contributed by atoms with van der Waals surface area (Å²) in [6.07, 6.45) is 0. The van der Waals surface area contributed by atoms with Crippen molar-refractivity contribution in [2.75, 3.05) is 33.2 Å². The maximum absolute atomic E-state index is 5.02. The minimum atomic E-state index is -0.664. The Morgan fingerprint density at radius 1 is 1.10 bits per heavy atom. The number of nitrogens with zero attached hydrogens (tertiary/aromatic N) is 2. The van der Waals surface area contributed by atoms with Crippen LogP contribution in [0.4, 0.5) is 0 Å². The fraction of sp³-hybridized carbons (Fsp3) is 1.00. The molecule has 0 N–H and O–H groups in total. The van der Waals surface area contributed by atoms with Crippen LogP contribution in [0, 0.1) is 0 Å². The molecule has 0 atom stereocenters. The maximum Gasteiger partial charge on any atom is 0.0220 e. The zero-order valence-electron chi connectivity index (χ0n) is 5.99. The smallest absolute Gasteiger partial charge is 0.0220 e. The van der Waals surface area contributed by atoms with Crippen LogP contribution in [0.15, 0.2) is 0 Å². The first-order valence-electron chi connectivity index (χ1n) is 3.28. The van der Waals surface area contributed by atoms with Crippen molar-refractivity contribution in [1.29, 1.82) is 0 Å². The largest absolute Gasteiger partial charge is 0.304 e. The molecule has 1 aliphatic heterocycles. The predicted molar refractivity (Wildman–Crippen MR) is 52.6 cm³/mol. The van der Waals surface area contributed by atoms with E-state index in [1.807, 2.05) is 0 Å².